The Morgan fingerprint density at radius 2 is 2.27 bits per heavy atom. The Morgan fingerprint density at radius 3 is 2.87 bits per heavy atom. The van der Waals surface area contributed by atoms with E-state index in [4.69, 9.17) is 0 Å². The van der Waals surface area contributed by atoms with E-state index in [1.807, 2.05) is 0 Å². The highest BCUT2D eigenvalue weighted by Gasteiger charge is 2.01. The second-order valence-corrected chi connectivity index (χ2v) is 3.19. The van der Waals surface area contributed by atoms with Crippen molar-refractivity contribution >= 4 is 11.6 Å². The number of carbonyl (C=O) groups is 1. The Hall–Kier alpha value is -1.91. The number of benzene rings is 1. The molecule has 15 heavy (non-hydrogen) atoms. The lowest BCUT2D eigenvalue weighted by Crippen LogP contribution is -2.07. The van der Waals surface area contributed by atoms with E-state index in [0.717, 1.165) is 5.56 Å². The van der Waals surface area contributed by atoms with E-state index in [1.54, 1.807) is 24.3 Å². The first-order valence-electron chi connectivity index (χ1n) is 4.56. The van der Waals surface area contributed by atoms with E-state index in [0.29, 0.717) is 12.1 Å². The standard InChI is InChI=1S/C10H12N2O3/c1-8(13)11-10-4-2-3-9(7-10)5-6-12(14)15/h2-4,7H,5-6H2,1H3,(H,11,13). The Labute approximate surface area is 87.3 Å². The van der Waals surface area contributed by atoms with Crippen LogP contribution in [-0.2, 0) is 11.2 Å². The lowest BCUT2D eigenvalue weighted by atomic mass is 10.1. The van der Waals surface area contributed by atoms with Crippen LogP contribution in [-0.4, -0.2) is 17.4 Å². The number of hydrogen-bond acceptors (Lipinski definition) is 3. The topological polar surface area (TPSA) is 72.2 Å². The molecule has 0 unspecified atom stereocenters. The smallest absolute Gasteiger partial charge is 0.221 e. The molecule has 1 aromatic rings. The Balaban J connectivity index is 2.65. The molecule has 0 aromatic heterocycles. The first kappa shape index (κ1) is 11.2. The minimum Gasteiger partial charge on any atom is -0.326 e. The Morgan fingerprint density at radius 1 is 1.53 bits per heavy atom. The van der Waals surface area contributed by atoms with Gasteiger partial charge in [0.1, 0.15) is 0 Å². The Kier molecular flexibility index (Phi) is 3.79. The molecular formula is C10H12N2O3. The summed E-state index contributed by atoms with van der Waals surface area (Å²) in [4.78, 5) is 20.6. The van der Waals surface area contributed by atoms with Gasteiger partial charge in [-0.2, -0.15) is 0 Å². The molecule has 80 valence electrons. The highest BCUT2D eigenvalue weighted by molar-refractivity contribution is 5.88. The monoisotopic (exact) mass is 208 g/mol. The van der Waals surface area contributed by atoms with Gasteiger partial charge in [0.05, 0.1) is 0 Å². The highest BCUT2D eigenvalue weighted by Crippen LogP contribution is 2.10. The van der Waals surface area contributed by atoms with Gasteiger partial charge in [0.25, 0.3) is 0 Å². The van der Waals surface area contributed by atoms with Crippen molar-refractivity contribution < 1.29 is 9.72 Å². The predicted molar refractivity (Wildman–Crippen MR) is 56.3 cm³/mol. The molecule has 5 heteroatoms. The number of carbonyl (C=O) groups excluding carboxylic acids is 1. The van der Waals surface area contributed by atoms with Gasteiger partial charge >= 0.3 is 0 Å². The van der Waals surface area contributed by atoms with Crippen molar-refractivity contribution in [3.8, 4) is 0 Å². The molecule has 0 spiro atoms. The minimum atomic E-state index is -0.356. The van der Waals surface area contributed by atoms with E-state index in [9.17, 15) is 14.9 Å². The normalized spacial score (nSPS) is 9.67. The summed E-state index contributed by atoms with van der Waals surface area (Å²) in [6.07, 6.45) is 0.375. The fourth-order valence-electron chi connectivity index (χ4n) is 1.23. The van der Waals surface area contributed by atoms with E-state index in [2.05, 4.69) is 5.32 Å². The molecule has 0 fully saturated rings. The average Bonchev–Trinajstić information content (AvgIpc) is 2.14. The molecule has 0 aliphatic rings. The maximum atomic E-state index is 10.8. The zero-order valence-corrected chi connectivity index (χ0v) is 8.40. The van der Waals surface area contributed by atoms with Crippen LogP contribution in [0.15, 0.2) is 24.3 Å². The third-order valence-corrected chi connectivity index (χ3v) is 1.83. The number of nitrogens with one attached hydrogen (secondary N) is 1. The van der Waals surface area contributed by atoms with E-state index >= 15 is 0 Å². The molecule has 1 aromatic carbocycles. The lowest BCUT2D eigenvalue weighted by molar-refractivity contribution is -0.479. The molecule has 0 saturated carbocycles. The van der Waals surface area contributed by atoms with Crippen molar-refractivity contribution in [1.82, 2.24) is 0 Å². The van der Waals surface area contributed by atoms with Crippen molar-refractivity contribution in [2.45, 2.75) is 13.3 Å². The molecule has 0 heterocycles. The third-order valence-electron chi connectivity index (χ3n) is 1.83. The van der Waals surface area contributed by atoms with Crippen LogP contribution in [0.25, 0.3) is 0 Å². The average molecular weight is 208 g/mol. The third kappa shape index (κ3) is 4.21. The molecule has 1 rings (SSSR count). The van der Waals surface area contributed by atoms with Gasteiger partial charge < -0.3 is 5.32 Å². The van der Waals surface area contributed by atoms with E-state index < -0.39 is 0 Å². The second-order valence-electron chi connectivity index (χ2n) is 3.19. The van der Waals surface area contributed by atoms with Gasteiger partial charge in [-0.25, -0.2) is 0 Å². The summed E-state index contributed by atoms with van der Waals surface area (Å²) in [7, 11) is 0. The van der Waals surface area contributed by atoms with Crippen LogP contribution in [0.2, 0.25) is 0 Å². The van der Waals surface area contributed by atoms with Gasteiger partial charge in [0, 0.05) is 24.0 Å². The van der Waals surface area contributed by atoms with Crippen molar-refractivity contribution in [2.24, 2.45) is 0 Å². The lowest BCUT2D eigenvalue weighted by Gasteiger charge is -2.03. The fourth-order valence-corrected chi connectivity index (χ4v) is 1.23. The van der Waals surface area contributed by atoms with Crippen LogP contribution in [0.5, 0.6) is 0 Å². The van der Waals surface area contributed by atoms with Crippen LogP contribution in [0, 0.1) is 10.1 Å². The first-order chi connectivity index (χ1) is 7.08. The molecule has 1 amide bonds. The van der Waals surface area contributed by atoms with Crippen LogP contribution in [0.4, 0.5) is 5.69 Å². The molecule has 0 aliphatic heterocycles. The summed E-state index contributed by atoms with van der Waals surface area (Å²) in [6, 6.07) is 7.05. The number of amides is 1. The van der Waals surface area contributed by atoms with Crippen LogP contribution in [0.3, 0.4) is 0 Å². The molecular weight excluding hydrogens is 196 g/mol. The quantitative estimate of drug-likeness (QED) is 0.601. The summed E-state index contributed by atoms with van der Waals surface area (Å²) in [5, 5.41) is 12.8. The minimum absolute atomic E-state index is 0.0937. The number of hydrogen-bond donors (Lipinski definition) is 1. The zero-order chi connectivity index (χ0) is 11.3. The van der Waals surface area contributed by atoms with Crippen molar-refractivity contribution in [1.29, 1.82) is 0 Å². The summed E-state index contributed by atoms with van der Waals surface area (Å²) >= 11 is 0. The van der Waals surface area contributed by atoms with Gasteiger partial charge in [0.2, 0.25) is 12.5 Å². The van der Waals surface area contributed by atoms with Gasteiger partial charge in [-0.15, -0.1) is 0 Å². The van der Waals surface area contributed by atoms with Gasteiger partial charge in [0.15, 0.2) is 0 Å². The second kappa shape index (κ2) is 5.09. The molecule has 0 atom stereocenters. The maximum absolute atomic E-state index is 10.8. The van der Waals surface area contributed by atoms with E-state index in [-0.39, 0.29) is 17.4 Å². The van der Waals surface area contributed by atoms with Gasteiger partial charge in [-0.1, -0.05) is 12.1 Å². The molecule has 0 radical (unpaired) electrons. The maximum Gasteiger partial charge on any atom is 0.221 e. The largest absolute Gasteiger partial charge is 0.326 e. The molecule has 1 N–H and O–H groups in total. The number of nitro groups is 1. The summed E-state index contributed by atoms with van der Waals surface area (Å²) in [5.41, 5.74) is 1.52. The first-order valence-corrected chi connectivity index (χ1v) is 4.56. The van der Waals surface area contributed by atoms with Crippen LogP contribution in [0.1, 0.15) is 12.5 Å². The SMILES string of the molecule is CC(=O)Nc1cccc(CC[N+](=O)[O-])c1. The number of nitrogens with zero attached hydrogens (tertiary/aromatic N) is 1. The summed E-state index contributed by atoms with van der Waals surface area (Å²) in [6.45, 7) is 1.33. The van der Waals surface area contributed by atoms with Gasteiger partial charge in [-0.05, 0) is 17.7 Å². The molecule has 0 bridgehead atoms. The van der Waals surface area contributed by atoms with Crippen molar-refractivity contribution in [2.75, 3.05) is 11.9 Å². The van der Waals surface area contributed by atoms with Gasteiger partial charge in [-0.3, -0.25) is 14.9 Å². The van der Waals surface area contributed by atoms with Crippen LogP contribution >= 0.6 is 0 Å². The fraction of sp³-hybridized carbons (Fsp3) is 0.300. The molecule has 0 saturated heterocycles. The Bertz CT molecular complexity index is 377. The van der Waals surface area contributed by atoms with Crippen LogP contribution < -0.4 is 5.32 Å². The summed E-state index contributed by atoms with van der Waals surface area (Å²) < 4.78 is 0. The van der Waals surface area contributed by atoms with Crippen molar-refractivity contribution in [3.05, 3.63) is 39.9 Å². The summed E-state index contributed by atoms with van der Waals surface area (Å²) in [5.74, 6) is -0.151. The van der Waals surface area contributed by atoms with Crippen molar-refractivity contribution in [3.63, 3.8) is 0 Å². The molecule has 5 nitrogen and oxygen atoms in total. The number of anilines is 1. The zero-order valence-electron chi connectivity index (χ0n) is 8.40. The number of rotatable bonds is 4. The predicted octanol–water partition coefficient (Wildman–Crippen LogP) is 1.46. The van der Waals surface area contributed by atoms with E-state index in [1.165, 1.54) is 6.92 Å². The highest BCUT2D eigenvalue weighted by atomic mass is 16.6. The molecule has 0 aliphatic carbocycles.